The summed E-state index contributed by atoms with van der Waals surface area (Å²) in [7, 11) is 0. The SMILES string of the molecule is CC1(C)CCCN1c1cc2c(cc1Br)C(N)C(=O)N2. The Balaban J connectivity index is 2.06. The number of benzene rings is 1. The molecule has 0 spiro atoms. The van der Waals surface area contributed by atoms with Crippen LogP contribution in [-0.4, -0.2) is 18.0 Å². The van der Waals surface area contributed by atoms with Crippen molar-refractivity contribution in [2.45, 2.75) is 38.3 Å². The van der Waals surface area contributed by atoms with E-state index in [1.807, 2.05) is 12.1 Å². The van der Waals surface area contributed by atoms with Crippen molar-refractivity contribution in [3.8, 4) is 0 Å². The Bertz CT molecular complexity index is 556. The fourth-order valence-corrected chi connectivity index (χ4v) is 3.63. The van der Waals surface area contributed by atoms with Crippen LogP contribution in [0.1, 0.15) is 38.3 Å². The van der Waals surface area contributed by atoms with Gasteiger partial charge in [-0.1, -0.05) is 0 Å². The molecule has 0 radical (unpaired) electrons. The van der Waals surface area contributed by atoms with E-state index in [4.69, 9.17) is 5.73 Å². The van der Waals surface area contributed by atoms with E-state index in [1.165, 1.54) is 12.8 Å². The van der Waals surface area contributed by atoms with Crippen LogP contribution in [0, 0.1) is 0 Å². The minimum atomic E-state index is -0.549. The third-order valence-corrected chi connectivity index (χ3v) is 4.82. The van der Waals surface area contributed by atoms with E-state index >= 15 is 0 Å². The highest BCUT2D eigenvalue weighted by molar-refractivity contribution is 9.10. The number of halogens is 1. The molecule has 102 valence electrons. The zero-order valence-corrected chi connectivity index (χ0v) is 12.8. The predicted molar refractivity (Wildman–Crippen MR) is 80.4 cm³/mol. The van der Waals surface area contributed by atoms with Crippen LogP contribution in [0.4, 0.5) is 11.4 Å². The van der Waals surface area contributed by atoms with Crippen LogP contribution < -0.4 is 16.0 Å². The number of anilines is 2. The predicted octanol–water partition coefficient (Wildman–Crippen LogP) is 2.78. The lowest BCUT2D eigenvalue weighted by Gasteiger charge is -2.34. The molecule has 1 fully saturated rings. The van der Waals surface area contributed by atoms with Crippen molar-refractivity contribution in [3.63, 3.8) is 0 Å². The summed E-state index contributed by atoms with van der Waals surface area (Å²) in [5.74, 6) is -0.125. The lowest BCUT2D eigenvalue weighted by atomic mass is 10.0. The van der Waals surface area contributed by atoms with Gasteiger partial charge in [0.1, 0.15) is 6.04 Å². The Hall–Kier alpha value is -1.07. The van der Waals surface area contributed by atoms with E-state index in [2.05, 4.69) is 40.0 Å². The Morgan fingerprint density at radius 2 is 2.21 bits per heavy atom. The average molecular weight is 324 g/mol. The molecule has 1 aromatic carbocycles. The topological polar surface area (TPSA) is 58.4 Å². The molecular formula is C14H18BrN3O. The van der Waals surface area contributed by atoms with E-state index in [-0.39, 0.29) is 11.4 Å². The van der Waals surface area contributed by atoms with Crippen LogP contribution in [0.3, 0.4) is 0 Å². The number of fused-ring (bicyclic) bond motifs is 1. The summed E-state index contributed by atoms with van der Waals surface area (Å²) in [5.41, 5.74) is 8.88. The van der Waals surface area contributed by atoms with Gasteiger partial charge in [-0.15, -0.1) is 0 Å². The van der Waals surface area contributed by atoms with Crippen LogP contribution in [0.5, 0.6) is 0 Å². The molecule has 1 aromatic rings. The lowest BCUT2D eigenvalue weighted by molar-refractivity contribution is -0.116. The Labute approximate surface area is 121 Å². The molecule has 4 nitrogen and oxygen atoms in total. The van der Waals surface area contributed by atoms with E-state index in [1.54, 1.807) is 0 Å². The molecule has 0 aromatic heterocycles. The first-order valence-electron chi connectivity index (χ1n) is 6.58. The quantitative estimate of drug-likeness (QED) is 0.835. The second-order valence-electron chi connectivity index (χ2n) is 5.93. The van der Waals surface area contributed by atoms with Crippen molar-refractivity contribution in [3.05, 3.63) is 22.2 Å². The van der Waals surface area contributed by atoms with Gasteiger partial charge in [-0.3, -0.25) is 4.79 Å². The molecule has 3 rings (SSSR count). The van der Waals surface area contributed by atoms with Crippen molar-refractivity contribution < 1.29 is 4.79 Å². The molecule has 5 heteroatoms. The number of carbonyl (C=O) groups excluding carboxylic acids is 1. The fourth-order valence-electron chi connectivity index (χ4n) is 3.06. The second-order valence-corrected chi connectivity index (χ2v) is 6.78. The van der Waals surface area contributed by atoms with Crippen LogP contribution in [0.25, 0.3) is 0 Å². The van der Waals surface area contributed by atoms with Crippen LogP contribution >= 0.6 is 15.9 Å². The molecule has 1 saturated heterocycles. The summed E-state index contributed by atoms with van der Waals surface area (Å²) in [6.07, 6.45) is 2.38. The molecule has 1 atom stereocenters. The molecular weight excluding hydrogens is 306 g/mol. The number of nitrogens with one attached hydrogen (secondary N) is 1. The van der Waals surface area contributed by atoms with Gasteiger partial charge in [0.05, 0.1) is 5.69 Å². The van der Waals surface area contributed by atoms with E-state index in [0.717, 1.165) is 28.0 Å². The minimum Gasteiger partial charge on any atom is -0.365 e. The van der Waals surface area contributed by atoms with Gasteiger partial charge in [0, 0.05) is 27.8 Å². The maximum Gasteiger partial charge on any atom is 0.245 e. The normalized spacial score (nSPS) is 24.5. The Morgan fingerprint density at radius 1 is 1.47 bits per heavy atom. The summed E-state index contributed by atoms with van der Waals surface area (Å²) >= 11 is 3.62. The summed E-state index contributed by atoms with van der Waals surface area (Å²) in [5, 5.41) is 2.85. The largest absolute Gasteiger partial charge is 0.365 e. The van der Waals surface area contributed by atoms with Gasteiger partial charge in [-0.2, -0.15) is 0 Å². The van der Waals surface area contributed by atoms with Crippen molar-refractivity contribution >= 4 is 33.2 Å². The number of carbonyl (C=O) groups is 1. The molecule has 19 heavy (non-hydrogen) atoms. The fraction of sp³-hybridized carbons (Fsp3) is 0.500. The molecule has 2 heterocycles. The third kappa shape index (κ3) is 1.96. The maximum absolute atomic E-state index is 11.6. The first kappa shape index (κ1) is 12.9. The number of amides is 1. The smallest absolute Gasteiger partial charge is 0.245 e. The summed E-state index contributed by atoms with van der Waals surface area (Å²) in [6, 6.07) is 3.46. The van der Waals surface area contributed by atoms with E-state index < -0.39 is 6.04 Å². The summed E-state index contributed by atoms with van der Waals surface area (Å²) in [6.45, 7) is 5.55. The zero-order chi connectivity index (χ0) is 13.8. The van der Waals surface area contributed by atoms with Crippen molar-refractivity contribution in [1.82, 2.24) is 0 Å². The van der Waals surface area contributed by atoms with Gasteiger partial charge >= 0.3 is 0 Å². The standard InChI is InChI=1S/C14H18BrN3O/c1-14(2)4-3-5-18(14)11-7-10-8(6-9(11)15)12(16)13(19)17-10/h6-7,12H,3-5,16H2,1-2H3,(H,17,19). The van der Waals surface area contributed by atoms with Crippen molar-refractivity contribution in [1.29, 1.82) is 0 Å². The molecule has 1 amide bonds. The van der Waals surface area contributed by atoms with Crippen molar-refractivity contribution in [2.24, 2.45) is 5.73 Å². The number of nitrogens with zero attached hydrogens (tertiary/aromatic N) is 1. The third-order valence-electron chi connectivity index (χ3n) is 4.19. The number of nitrogens with two attached hydrogens (primary N) is 1. The summed E-state index contributed by atoms with van der Waals surface area (Å²) in [4.78, 5) is 14.0. The summed E-state index contributed by atoms with van der Waals surface area (Å²) < 4.78 is 1.01. The molecule has 0 aliphatic carbocycles. The van der Waals surface area contributed by atoms with Gasteiger partial charge in [-0.05, 0) is 54.8 Å². The minimum absolute atomic E-state index is 0.125. The second kappa shape index (κ2) is 4.21. The zero-order valence-electron chi connectivity index (χ0n) is 11.2. The molecule has 3 N–H and O–H groups in total. The number of hydrogen-bond acceptors (Lipinski definition) is 3. The monoisotopic (exact) mass is 323 g/mol. The van der Waals surface area contributed by atoms with Crippen LogP contribution in [0.2, 0.25) is 0 Å². The first-order valence-corrected chi connectivity index (χ1v) is 7.37. The first-order chi connectivity index (χ1) is 8.90. The van der Waals surface area contributed by atoms with Gasteiger partial charge < -0.3 is 16.0 Å². The highest BCUT2D eigenvalue weighted by Crippen LogP contribution is 2.42. The highest BCUT2D eigenvalue weighted by atomic mass is 79.9. The van der Waals surface area contributed by atoms with Gasteiger partial charge in [0.15, 0.2) is 0 Å². The number of hydrogen-bond donors (Lipinski definition) is 2. The van der Waals surface area contributed by atoms with E-state index in [0.29, 0.717) is 0 Å². The van der Waals surface area contributed by atoms with Gasteiger partial charge in [0.25, 0.3) is 0 Å². The molecule has 0 bridgehead atoms. The molecule has 2 aliphatic rings. The van der Waals surface area contributed by atoms with Gasteiger partial charge in [-0.25, -0.2) is 0 Å². The van der Waals surface area contributed by atoms with Crippen LogP contribution in [0.15, 0.2) is 16.6 Å². The number of rotatable bonds is 1. The molecule has 0 saturated carbocycles. The molecule has 1 unspecified atom stereocenters. The Morgan fingerprint density at radius 3 is 2.84 bits per heavy atom. The van der Waals surface area contributed by atoms with Crippen LogP contribution in [-0.2, 0) is 4.79 Å². The lowest BCUT2D eigenvalue weighted by Crippen LogP contribution is -2.38. The van der Waals surface area contributed by atoms with Crippen molar-refractivity contribution in [2.75, 3.05) is 16.8 Å². The maximum atomic E-state index is 11.6. The Kier molecular flexibility index (Phi) is 2.87. The highest BCUT2D eigenvalue weighted by Gasteiger charge is 2.35. The average Bonchev–Trinajstić information content (AvgIpc) is 2.81. The molecule has 2 aliphatic heterocycles. The van der Waals surface area contributed by atoms with Gasteiger partial charge in [0.2, 0.25) is 5.91 Å². The van der Waals surface area contributed by atoms with E-state index in [9.17, 15) is 4.79 Å².